The van der Waals surface area contributed by atoms with Crippen molar-refractivity contribution >= 4 is 21.4 Å². The number of hydrogen-bond donors (Lipinski definition) is 5. The summed E-state index contributed by atoms with van der Waals surface area (Å²) in [5.41, 5.74) is -0.385. The highest BCUT2D eigenvalue weighted by Gasteiger charge is 2.20. The first-order chi connectivity index (χ1) is 8.51. The van der Waals surface area contributed by atoms with E-state index in [2.05, 4.69) is 4.52 Å². The van der Waals surface area contributed by atoms with Gasteiger partial charge >= 0.3 is 21.4 Å². The number of hydrogen-bond acceptors (Lipinski definition) is 4. The van der Waals surface area contributed by atoms with Crippen molar-refractivity contribution in [3.05, 3.63) is 11.6 Å². The van der Waals surface area contributed by atoms with Crippen LogP contribution in [0.1, 0.15) is 19.3 Å². The number of phosphoric acid groups is 1. The van der Waals surface area contributed by atoms with Crippen molar-refractivity contribution in [1.82, 2.24) is 0 Å². The van der Waals surface area contributed by atoms with Crippen molar-refractivity contribution in [3.8, 4) is 0 Å². The van der Waals surface area contributed by atoms with Crippen LogP contribution in [-0.4, -0.2) is 43.4 Å². The second kappa shape index (κ2) is 7.91. The van der Waals surface area contributed by atoms with E-state index in [4.69, 9.17) is 24.7 Å². The molecule has 0 aliphatic rings. The molecule has 0 saturated carbocycles. The van der Waals surface area contributed by atoms with Crippen LogP contribution < -0.4 is 0 Å². The fourth-order valence-electron chi connectivity index (χ4n) is 1.15. The molecule has 0 aromatic rings. The van der Waals surface area contributed by atoms with Crippen LogP contribution in [0.3, 0.4) is 0 Å². The standard InChI is InChI=1S/C8H16O9P2/c9-8(10)7(6-18(11,12)13)4-2-1-3-5-17-19(14,15)16/h4H,1-3,5-6H2,(H,9,10)(H2,11,12,13)(H2,14,15,16)/b7-4+. The molecule has 0 aromatic heterocycles. The Labute approximate surface area is 109 Å². The fourth-order valence-corrected chi connectivity index (χ4v) is 2.22. The molecule has 19 heavy (non-hydrogen) atoms. The first-order valence-electron chi connectivity index (χ1n) is 5.18. The van der Waals surface area contributed by atoms with Gasteiger partial charge in [-0.2, -0.15) is 0 Å². The molecule has 5 N–H and O–H groups in total. The zero-order valence-electron chi connectivity index (χ0n) is 9.88. The molecule has 11 heteroatoms. The van der Waals surface area contributed by atoms with E-state index in [1.165, 1.54) is 6.08 Å². The molecule has 0 rings (SSSR count). The summed E-state index contributed by atoms with van der Waals surface area (Å²) in [5, 5.41) is 8.71. The first-order valence-corrected chi connectivity index (χ1v) is 8.51. The molecule has 0 aromatic carbocycles. The summed E-state index contributed by atoms with van der Waals surface area (Å²) in [5.74, 6) is -1.41. The molecule has 0 saturated heterocycles. The Hall–Kier alpha value is -0.530. The summed E-state index contributed by atoms with van der Waals surface area (Å²) in [4.78, 5) is 44.8. The van der Waals surface area contributed by atoms with E-state index in [-0.39, 0.29) is 25.0 Å². The van der Waals surface area contributed by atoms with Gasteiger partial charge in [-0.15, -0.1) is 0 Å². The zero-order chi connectivity index (χ0) is 15.1. The lowest BCUT2D eigenvalue weighted by atomic mass is 10.2. The lowest BCUT2D eigenvalue weighted by molar-refractivity contribution is -0.132. The van der Waals surface area contributed by atoms with Crippen molar-refractivity contribution in [1.29, 1.82) is 0 Å². The van der Waals surface area contributed by atoms with Gasteiger partial charge in [-0.3, -0.25) is 9.09 Å². The highest BCUT2D eigenvalue weighted by Crippen LogP contribution is 2.37. The minimum atomic E-state index is -4.49. The van der Waals surface area contributed by atoms with Crippen LogP contribution in [0, 0.1) is 0 Å². The van der Waals surface area contributed by atoms with Crippen LogP contribution in [0.25, 0.3) is 0 Å². The van der Waals surface area contributed by atoms with Crippen molar-refractivity contribution in [2.75, 3.05) is 12.8 Å². The minimum absolute atomic E-state index is 0.182. The van der Waals surface area contributed by atoms with Crippen molar-refractivity contribution in [3.63, 3.8) is 0 Å². The monoisotopic (exact) mass is 318 g/mol. The third kappa shape index (κ3) is 12.3. The van der Waals surface area contributed by atoms with Gasteiger partial charge in [-0.25, -0.2) is 9.36 Å². The van der Waals surface area contributed by atoms with E-state index in [0.29, 0.717) is 6.42 Å². The van der Waals surface area contributed by atoms with Crippen molar-refractivity contribution in [2.24, 2.45) is 0 Å². The van der Waals surface area contributed by atoms with Gasteiger partial charge in [0.25, 0.3) is 0 Å². The molecule has 0 atom stereocenters. The first kappa shape index (κ1) is 18.5. The Morgan fingerprint density at radius 1 is 1.11 bits per heavy atom. The Bertz CT molecular complexity index is 418. The number of carboxylic acid groups (broad SMARTS) is 1. The second-order valence-electron chi connectivity index (χ2n) is 3.68. The molecule has 0 amide bonds. The lowest BCUT2D eigenvalue weighted by Crippen LogP contribution is -2.06. The molecule has 0 unspecified atom stereocenters. The number of phosphoric ester groups is 1. The molecule has 0 heterocycles. The number of rotatable bonds is 9. The average Bonchev–Trinajstić information content (AvgIpc) is 2.17. The van der Waals surface area contributed by atoms with Crippen LogP contribution in [-0.2, 0) is 18.4 Å². The van der Waals surface area contributed by atoms with E-state index >= 15 is 0 Å². The molecule has 112 valence electrons. The molecular weight excluding hydrogens is 302 g/mol. The average molecular weight is 318 g/mol. The molecule has 0 bridgehead atoms. The van der Waals surface area contributed by atoms with Gasteiger partial charge in [0.15, 0.2) is 0 Å². The third-order valence-corrected chi connectivity index (χ3v) is 3.17. The zero-order valence-corrected chi connectivity index (χ0v) is 11.7. The van der Waals surface area contributed by atoms with Gasteiger partial charge in [0.1, 0.15) is 0 Å². The molecule has 0 spiro atoms. The fraction of sp³-hybridized carbons (Fsp3) is 0.625. The number of carboxylic acids is 1. The Morgan fingerprint density at radius 3 is 2.11 bits per heavy atom. The van der Waals surface area contributed by atoms with E-state index in [1.807, 2.05) is 0 Å². The predicted molar refractivity (Wildman–Crippen MR) is 64.5 cm³/mol. The SMILES string of the molecule is O=C(O)/C(=C/CCCCOP(=O)(O)O)CP(=O)(O)O. The minimum Gasteiger partial charge on any atom is -0.478 e. The Balaban J connectivity index is 4.10. The lowest BCUT2D eigenvalue weighted by Gasteiger charge is -2.05. The number of carbonyl (C=O) groups is 1. The molecule has 0 aliphatic carbocycles. The maximum absolute atomic E-state index is 10.7. The third-order valence-electron chi connectivity index (χ3n) is 1.90. The molecule has 0 aliphatic heterocycles. The van der Waals surface area contributed by atoms with Crippen LogP contribution in [0.4, 0.5) is 0 Å². The highest BCUT2D eigenvalue weighted by molar-refractivity contribution is 7.52. The highest BCUT2D eigenvalue weighted by atomic mass is 31.2. The topological polar surface area (TPSA) is 162 Å². The molecule has 0 radical (unpaired) electrons. The van der Waals surface area contributed by atoms with E-state index < -0.39 is 27.5 Å². The van der Waals surface area contributed by atoms with Crippen LogP contribution in [0.15, 0.2) is 11.6 Å². The van der Waals surface area contributed by atoms with Crippen LogP contribution in [0.5, 0.6) is 0 Å². The van der Waals surface area contributed by atoms with Gasteiger partial charge in [0, 0.05) is 5.57 Å². The normalized spacial score (nSPS) is 13.6. The number of unbranched alkanes of at least 4 members (excludes halogenated alkanes) is 2. The number of aliphatic carboxylic acids is 1. The largest absolute Gasteiger partial charge is 0.478 e. The van der Waals surface area contributed by atoms with Crippen molar-refractivity contribution in [2.45, 2.75) is 19.3 Å². The van der Waals surface area contributed by atoms with E-state index in [9.17, 15) is 13.9 Å². The van der Waals surface area contributed by atoms with Crippen molar-refractivity contribution < 1.29 is 43.1 Å². The van der Waals surface area contributed by atoms with Gasteiger partial charge in [0.2, 0.25) is 0 Å². The van der Waals surface area contributed by atoms with Gasteiger partial charge < -0.3 is 24.7 Å². The summed E-state index contributed by atoms with van der Waals surface area (Å²) >= 11 is 0. The molecular formula is C8H16O9P2. The number of allylic oxidation sites excluding steroid dienone is 1. The molecule has 0 fully saturated rings. The summed E-state index contributed by atoms with van der Waals surface area (Å²) in [6, 6.07) is 0. The summed E-state index contributed by atoms with van der Waals surface area (Å²) in [7, 11) is -8.93. The van der Waals surface area contributed by atoms with Crippen LogP contribution >= 0.6 is 15.4 Å². The summed E-state index contributed by atoms with van der Waals surface area (Å²) < 4.78 is 25.2. The Morgan fingerprint density at radius 2 is 1.68 bits per heavy atom. The van der Waals surface area contributed by atoms with E-state index in [1.54, 1.807) is 0 Å². The van der Waals surface area contributed by atoms with Gasteiger partial charge in [0.05, 0.1) is 12.8 Å². The summed E-state index contributed by atoms with van der Waals surface area (Å²) in [6.07, 6.45) is 1.20. The van der Waals surface area contributed by atoms with Gasteiger partial charge in [-0.1, -0.05) is 6.08 Å². The van der Waals surface area contributed by atoms with Crippen LogP contribution in [0.2, 0.25) is 0 Å². The van der Waals surface area contributed by atoms with E-state index in [0.717, 1.165) is 0 Å². The maximum atomic E-state index is 10.7. The molecule has 9 nitrogen and oxygen atoms in total. The second-order valence-corrected chi connectivity index (χ2v) is 6.56. The Kier molecular flexibility index (Phi) is 7.69. The summed E-state index contributed by atoms with van der Waals surface area (Å²) in [6.45, 7) is -0.182. The van der Waals surface area contributed by atoms with Gasteiger partial charge in [-0.05, 0) is 19.3 Å². The maximum Gasteiger partial charge on any atom is 0.469 e. The quantitative estimate of drug-likeness (QED) is 0.231. The predicted octanol–water partition coefficient (Wildman–Crippen LogP) is 0.455. The smallest absolute Gasteiger partial charge is 0.469 e.